The third-order valence-electron chi connectivity index (χ3n) is 5.55. The predicted molar refractivity (Wildman–Crippen MR) is 129 cm³/mol. The Morgan fingerprint density at radius 2 is 1.83 bits per heavy atom. The van der Waals surface area contributed by atoms with Gasteiger partial charge in [-0.15, -0.1) is 12.4 Å². The predicted octanol–water partition coefficient (Wildman–Crippen LogP) is 7.77. The van der Waals surface area contributed by atoms with Crippen LogP contribution in [0.25, 0.3) is 0 Å². The van der Waals surface area contributed by atoms with E-state index in [2.05, 4.69) is 18.3 Å². The van der Waals surface area contributed by atoms with E-state index in [1.54, 1.807) is 7.11 Å². The lowest BCUT2D eigenvalue weighted by molar-refractivity contribution is 0.137. The number of methoxy groups -OCH3 is 1. The molecule has 0 saturated heterocycles. The van der Waals surface area contributed by atoms with Crippen LogP contribution in [-0.2, 0) is 6.54 Å². The van der Waals surface area contributed by atoms with Crippen molar-refractivity contribution in [2.45, 2.75) is 70.6 Å². The van der Waals surface area contributed by atoms with Gasteiger partial charge in [0.2, 0.25) is 0 Å². The van der Waals surface area contributed by atoms with Crippen molar-refractivity contribution in [3.05, 3.63) is 57.6 Å². The second-order valence-electron chi connectivity index (χ2n) is 7.76. The van der Waals surface area contributed by atoms with E-state index in [1.807, 2.05) is 30.3 Å². The molecule has 1 aliphatic heterocycles. The van der Waals surface area contributed by atoms with Crippen LogP contribution in [0.3, 0.4) is 0 Å². The number of nitrogens with one attached hydrogen (secondary N) is 1. The SMILES string of the molecule is CCCCCCCC1CC(NCc2ccc(Cl)c(Cl)c2)c2ccc(OC)cc2O1.Cl. The molecule has 1 heterocycles. The highest BCUT2D eigenvalue weighted by Crippen LogP contribution is 2.38. The van der Waals surface area contributed by atoms with E-state index in [1.165, 1.54) is 37.7 Å². The molecule has 0 aliphatic carbocycles. The summed E-state index contributed by atoms with van der Waals surface area (Å²) in [5.41, 5.74) is 2.31. The third-order valence-corrected chi connectivity index (χ3v) is 6.29. The maximum atomic E-state index is 6.34. The van der Waals surface area contributed by atoms with Crippen LogP contribution in [0, 0.1) is 0 Å². The van der Waals surface area contributed by atoms with Crippen LogP contribution < -0.4 is 14.8 Å². The zero-order valence-electron chi connectivity index (χ0n) is 17.8. The Bertz CT molecular complexity index is 800. The molecule has 0 radical (unpaired) electrons. The highest BCUT2D eigenvalue weighted by atomic mass is 35.5. The molecule has 3 nitrogen and oxygen atoms in total. The summed E-state index contributed by atoms with van der Waals surface area (Å²) < 4.78 is 11.7. The molecule has 166 valence electrons. The minimum absolute atomic E-state index is 0. The van der Waals surface area contributed by atoms with E-state index >= 15 is 0 Å². The number of halogens is 3. The van der Waals surface area contributed by atoms with Crippen molar-refractivity contribution >= 4 is 35.6 Å². The Kier molecular flexibility index (Phi) is 10.6. The molecule has 2 atom stereocenters. The molecule has 0 fully saturated rings. The number of benzene rings is 2. The molecule has 2 aromatic rings. The number of hydrogen-bond acceptors (Lipinski definition) is 3. The van der Waals surface area contributed by atoms with Crippen molar-refractivity contribution in [1.29, 1.82) is 0 Å². The van der Waals surface area contributed by atoms with Crippen molar-refractivity contribution in [3.8, 4) is 11.5 Å². The Hall–Kier alpha value is -1.13. The number of fused-ring (bicyclic) bond motifs is 1. The fraction of sp³-hybridized carbons (Fsp3) is 0.500. The highest BCUT2D eigenvalue weighted by Gasteiger charge is 2.28. The van der Waals surface area contributed by atoms with Crippen molar-refractivity contribution in [3.63, 3.8) is 0 Å². The summed E-state index contributed by atoms with van der Waals surface area (Å²) in [6.45, 7) is 2.98. The van der Waals surface area contributed by atoms with Crippen molar-refractivity contribution in [1.82, 2.24) is 5.32 Å². The van der Waals surface area contributed by atoms with Gasteiger partial charge in [0.25, 0.3) is 0 Å². The van der Waals surface area contributed by atoms with Gasteiger partial charge in [0, 0.05) is 30.6 Å². The minimum atomic E-state index is 0. The monoisotopic (exact) mass is 471 g/mol. The first-order valence-electron chi connectivity index (χ1n) is 10.6. The lowest BCUT2D eigenvalue weighted by atomic mass is 9.93. The van der Waals surface area contributed by atoms with Crippen LogP contribution in [0.5, 0.6) is 11.5 Å². The summed E-state index contributed by atoms with van der Waals surface area (Å²) in [5.74, 6) is 1.76. The van der Waals surface area contributed by atoms with E-state index in [9.17, 15) is 0 Å². The zero-order valence-corrected chi connectivity index (χ0v) is 20.1. The summed E-state index contributed by atoms with van der Waals surface area (Å²) in [7, 11) is 1.69. The average molecular weight is 473 g/mol. The largest absolute Gasteiger partial charge is 0.497 e. The fourth-order valence-electron chi connectivity index (χ4n) is 3.89. The first-order valence-corrected chi connectivity index (χ1v) is 11.4. The van der Waals surface area contributed by atoms with Crippen LogP contribution in [0.4, 0.5) is 0 Å². The molecule has 0 bridgehead atoms. The van der Waals surface area contributed by atoms with Crippen LogP contribution in [0.15, 0.2) is 36.4 Å². The normalized spacial score (nSPS) is 17.6. The summed E-state index contributed by atoms with van der Waals surface area (Å²) in [6.07, 6.45) is 8.67. The molecule has 1 N–H and O–H groups in total. The van der Waals surface area contributed by atoms with Crippen LogP contribution in [-0.4, -0.2) is 13.2 Å². The second kappa shape index (κ2) is 12.7. The van der Waals surface area contributed by atoms with Crippen LogP contribution in [0.2, 0.25) is 10.0 Å². The maximum Gasteiger partial charge on any atom is 0.128 e. The van der Waals surface area contributed by atoms with E-state index < -0.39 is 0 Å². The smallest absolute Gasteiger partial charge is 0.128 e. The molecule has 2 unspecified atom stereocenters. The zero-order chi connectivity index (χ0) is 20.6. The summed E-state index contributed by atoms with van der Waals surface area (Å²) in [5, 5.41) is 4.87. The van der Waals surface area contributed by atoms with Gasteiger partial charge in [0.1, 0.15) is 17.6 Å². The van der Waals surface area contributed by atoms with Gasteiger partial charge in [0.15, 0.2) is 0 Å². The molecule has 0 spiro atoms. The molecule has 0 saturated carbocycles. The second-order valence-corrected chi connectivity index (χ2v) is 8.58. The molecule has 6 heteroatoms. The first kappa shape index (κ1) is 25.1. The molecular weight excluding hydrogens is 441 g/mol. The summed E-state index contributed by atoms with van der Waals surface area (Å²) in [6, 6.07) is 12.1. The molecule has 0 aromatic heterocycles. The molecule has 3 rings (SSSR count). The fourth-order valence-corrected chi connectivity index (χ4v) is 4.21. The third kappa shape index (κ3) is 6.95. The Morgan fingerprint density at radius 1 is 1.03 bits per heavy atom. The minimum Gasteiger partial charge on any atom is -0.497 e. The highest BCUT2D eigenvalue weighted by molar-refractivity contribution is 6.42. The Morgan fingerprint density at radius 3 is 2.57 bits per heavy atom. The standard InChI is InChI=1S/C24H31Cl2NO2.ClH/c1-3-4-5-6-7-8-19-14-23(20-11-10-18(28-2)15-24(20)29-19)27-16-17-9-12-21(25)22(26)13-17;/h9-13,15,19,23,27H,3-8,14,16H2,1-2H3;1H. The Balaban J connectivity index is 0.00000320. The number of hydrogen-bond donors (Lipinski definition) is 1. The van der Waals surface area contributed by atoms with Gasteiger partial charge in [-0.3, -0.25) is 0 Å². The van der Waals surface area contributed by atoms with Crippen molar-refractivity contribution < 1.29 is 9.47 Å². The van der Waals surface area contributed by atoms with Gasteiger partial charge >= 0.3 is 0 Å². The van der Waals surface area contributed by atoms with Crippen LogP contribution >= 0.6 is 35.6 Å². The first-order chi connectivity index (χ1) is 14.1. The van der Waals surface area contributed by atoms with Crippen molar-refractivity contribution in [2.24, 2.45) is 0 Å². The van der Waals surface area contributed by atoms with Gasteiger partial charge in [-0.05, 0) is 36.6 Å². The lowest BCUT2D eigenvalue weighted by Gasteiger charge is -2.33. The van der Waals surface area contributed by atoms with Gasteiger partial charge in [0.05, 0.1) is 17.2 Å². The maximum absolute atomic E-state index is 6.34. The Labute approximate surface area is 196 Å². The van der Waals surface area contributed by atoms with Crippen molar-refractivity contribution in [2.75, 3.05) is 7.11 Å². The van der Waals surface area contributed by atoms with Gasteiger partial charge in [-0.1, -0.05) is 67.9 Å². The number of unbranched alkanes of at least 4 members (excludes halogenated alkanes) is 4. The lowest BCUT2D eigenvalue weighted by Crippen LogP contribution is -2.32. The quantitative estimate of drug-likeness (QED) is 0.358. The van der Waals surface area contributed by atoms with E-state index in [0.717, 1.165) is 36.4 Å². The van der Waals surface area contributed by atoms with Gasteiger partial charge in [-0.2, -0.15) is 0 Å². The van der Waals surface area contributed by atoms with E-state index in [-0.39, 0.29) is 24.6 Å². The van der Waals surface area contributed by atoms with Gasteiger partial charge < -0.3 is 14.8 Å². The molecular formula is C24H32Cl3NO2. The van der Waals surface area contributed by atoms with E-state index in [0.29, 0.717) is 10.0 Å². The number of rotatable bonds is 10. The topological polar surface area (TPSA) is 30.5 Å². The molecule has 30 heavy (non-hydrogen) atoms. The summed E-state index contributed by atoms with van der Waals surface area (Å²) in [4.78, 5) is 0. The van der Waals surface area contributed by atoms with Crippen LogP contribution in [0.1, 0.15) is 69.0 Å². The van der Waals surface area contributed by atoms with Gasteiger partial charge in [-0.25, -0.2) is 0 Å². The summed E-state index contributed by atoms with van der Waals surface area (Å²) >= 11 is 12.2. The average Bonchev–Trinajstić information content (AvgIpc) is 2.73. The molecule has 0 amide bonds. The number of ether oxygens (including phenoxy) is 2. The van der Waals surface area contributed by atoms with E-state index in [4.69, 9.17) is 32.7 Å². The molecule has 1 aliphatic rings. The molecule has 2 aromatic carbocycles.